The van der Waals surface area contributed by atoms with Crippen molar-refractivity contribution in [2.45, 2.75) is 13.8 Å². The molecule has 0 bridgehead atoms. The zero-order chi connectivity index (χ0) is 10.3. The summed E-state index contributed by atoms with van der Waals surface area (Å²) in [4.78, 5) is 13.3. The fraction of sp³-hybridized carbons (Fsp3) is 0.400. The summed E-state index contributed by atoms with van der Waals surface area (Å²) in [6, 6.07) is 0. The third kappa shape index (κ3) is 7.00. The molecule has 0 aliphatic carbocycles. The highest BCUT2D eigenvalue weighted by atomic mass is 16.4. The van der Waals surface area contributed by atoms with Gasteiger partial charge in [0.1, 0.15) is 6.54 Å². The van der Waals surface area contributed by atoms with Crippen molar-refractivity contribution in [3.8, 4) is 0 Å². The highest BCUT2D eigenvalue weighted by Gasteiger charge is 1.96. The first-order chi connectivity index (χ1) is 6.04. The molecule has 0 saturated heterocycles. The van der Waals surface area contributed by atoms with Crippen LogP contribution in [0.4, 0.5) is 0 Å². The van der Waals surface area contributed by atoms with Crippen molar-refractivity contribution in [2.75, 3.05) is 6.54 Å². The zero-order valence-electron chi connectivity index (χ0n) is 8.08. The Bertz CT molecular complexity index is 239. The van der Waals surface area contributed by atoms with Crippen LogP contribution < -0.4 is 4.99 Å². The van der Waals surface area contributed by atoms with Crippen LogP contribution in [0, 0.1) is 5.92 Å². The Morgan fingerprint density at radius 1 is 1.62 bits per heavy atom. The number of carbonyl (C=O) groups is 1. The van der Waals surface area contributed by atoms with E-state index in [1.54, 1.807) is 12.3 Å². The minimum Gasteiger partial charge on any atom is -0.478 e. The average Bonchev–Trinajstić information content (AvgIpc) is 2.02. The van der Waals surface area contributed by atoms with Crippen molar-refractivity contribution in [2.24, 2.45) is 5.92 Å². The van der Waals surface area contributed by atoms with Crippen LogP contribution in [0.3, 0.4) is 0 Å². The molecule has 0 aromatic carbocycles. The number of nitrogens with one attached hydrogen (secondary N) is 1. The molecule has 0 fully saturated rings. The second-order valence-electron chi connectivity index (χ2n) is 3.16. The molecule has 72 valence electrons. The van der Waals surface area contributed by atoms with Crippen molar-refractivity contribution < 1.29 is 14.9 Å². The lowest BCUT2D eigenvalue weighted by Crippen LogP contribution is -2.70. The van der Waals surface area contributed by atoms with E-state index in [0.29, 0.717) is 5.92 Å². The fourth-order valence-electron chi connectivity index (χ4n) is 0.607. The lowest BCUT2D eigenvalue weighted by Gasteiger charge is -1.89. The maximum absolute atomic E-state index is 10.3. The SMILES string of the molecule is C=C(/C=C\C=[NH+]CC(C)C)C(=O)O. The van der Waals surface area contributed by atoms with Gasteiger partial charge in [-0.3, -0.25) is 0 Å². The zero-order valence-corrected chi connectivity index (χ0v) is 8.08. The van der Waals surface area contributed by atoms with Gasteiger partial charge in [-0.15, -0.1) is 0 Å². The largest absolute Gasteiger partial charge is 0.478 e. The molecule has 0 rings (SSSR count). The van der Waals surface area contributed by atoms with Gasteiger partial charge >= 0.3 is 5.97 Å². The summed E-state index contributed by atoms with van der Waals surface area (Å²) in [5.74, 6) is -0.416. The van der Waals surface area contributed by atoms with Crippen LogP contribution in [0.25, 0.3) is 0 Å². The predicted octanol–water partition coefficient (Wildman–Crippen LogP) is -0.00920. The Hall–Kier alpha value is -1.38. The molecule has 3 nitrogen and oxygen atoms in total. The summed E-state index contributed by atoms with van der Waals surface area (Å²) in [6.07, 6.45) is 4.81. The Kier molecular flexibility index (Phi) is 5.52. The summed E-state index contributed by atoms with van der Waals surface area (Å²) < 4.78 is 0. The number of carboxylic acid groups (broad SMARTS) is 1. The van der Waals surface area contributed by atoms with Gasteiger partial charge in [-0.05, 0) is 6.08 Å². The van der Waals surface area contributed by atoms with Gasteiger partial charge in [0.05, 0.1) is 5.57 Å². The summed E-state index contributed by atoms with van der Waals surface area (Å²) in [7, 11) is 0. The maximum atomic E-state index is 10.3. The van der Waals surface area contributed by atoms with Crippen LogP contribution in [0.15, 0.2) is 24.3 Å². The number of allylic oxidation sites excluding steroid dienone is 1. The summed E-state index contributed by atoms with van der Waals surface area (Å²) in [5.41, 5.74) is 0.0857. The van der Waals surface area contributed by atoms with Gasteiger partial charge in [0, 0.05) is 12.0 Å². The molecule has 0 spiro atoms. The molecule has 0 aromatic rings. The Morgan fingerprint density at radius 3 is 2.69 bits per heavy atom. The molecule has 0 unspecified atom stereocenters. The van der Waals surface area contributed by atoms with Crippen molar-refractivity contribution >= 4 is 12.2 Å². The van der Waals surface area contributed by atoms with Gasteiger partial charge < -0.3 is 5.11 Å². The van der Waals surface area contributed by atoms with E-state index in [1.807, 2.05) is 0 Å². The van der Waals surface area contributed by atoms with Gasteiger partial charge in [0.2, 0.25) is 0 Å². The number of aliphatic carboxylic acids is 1. The summed E-state index contributed by atoms with van der Waals surface area (Å²) in [5, 5.41) is 8.44. The molecule has 0 aromatic heterocycles. The van der Waals surface area contributed by atoms with E-state index in [1.165, 1.54) is 6.08 Å². The van der Waals surface area contributed by atoms with E-state index >= 15 is 0 Å². The third-order valence-electron chi connectivity index (χ3n) is 1.31. The molecule has 0 heterocycles. The van der Waals surface area contributed by atoms with E-state index in [0.717, 1.165) is 6.54 Å². The topological polar surface area (TPSA) is 51.3 Å². The van der Waals surface area contributed by atoms with Crippen molar-refractivity contribution in [3.63, 3.8) is 0 Å². The standard InChI is InChI=1S/C10H15NO2/c1-8(2)7-11-6-4-5-9(3)10(12)13/h4-6,8H,3,7H2,1-2H3,(H,12,13)/p+1/b5-4-,11-6?. The van der Waals surface area contributed by atoms with Crippen molar-refractivity contribution in [1.29, 1.82) is 0 Å². The van der Waals surface area contributed by atoms with E-state index in [4.69, 9.17) is 5.11 Å². The molecule has 0 radical (unpaired) electrons. The summed E-state index contributed by atoms with van der Waals surface area (Å²) in [6.45, 7) is 8.43. The fourth-order valence-corrected chi connectivity index (χ4v) is 0.607. The Morgan fingerprint density at radius 2 is 2.23 bits per heavy atom. The number of rotatable bonds is 5. The van der Waals surface area contributed by atoms with Crippen LogP contribution >= 0.6 is 0 Å². The molecule has 0 aliphatic rings. The first-order valence-corrected chi connectivity index (χ1v) is 4.19. The van der Waals surface area contributed by atoms with E-state index in [-0.39, 0.29) is 5.57 Å². The second kappa shape index (κ2) is 6.17. The molecule has 0 atom stereocenters. The first kappa shape index (κ1) is 11.6. The van der Waals surface area contributed by atoms with Gasteiger partial charge in [0.15, 0.2) is 6.21 Å². The maximum Gasteiger partial charge on any atom is 0.335 e. The average molecular weight is 182 g/mol. The van der Waals surface area contributed by atoms with Crippen molar-refractivity contribution in [3.05, 3.63) is 24.3 Å². The normalized spacial score (nSPS) is 11.6. The molecule has 0 aliphatic heterocycles. The Balaban J connectivity index is 3.81. The highest BCUT2D eigenvalue weighted by molar-refractivity contribution is 5.90. The lowest BCUT2D eigenvalue weighted by atomic mass is 10.2. The molecular formula is C10H16NO2+. The van der Waals surface area contributed by atoms with Gasteiger partial charge in [-0.2, -0.15) is 0 Å². The van der Waals surface area contributed by atoms with Gasteiger partial charge in [-0.1, -0.05) is 20.4 Å². The number of hydrogen-bond donors (Lipinski definition) is 2. The molecule has 13 heavy (non-hydrogen) atoms. The quantitative estimate of drug-likeness (QED) is 0.357. The van der Waals surface area contributed by atoms with Gasteiger partial charge in [0.25, 0.3) is 0 Å². The summed E-state index contributed by atoms with van der Waals surface area (Å²) >= 11 is 0. The van der Waals surface area contributed by atoms with Crippen LogP contribution in [0.2, 0.25) is 0 Å². The molecule has 0 amide bonds. The third-order valence-corrected chi connectivity index (χ3v) is 1.31. The number of carboxylic acids is 1. The second-order valence-corrected chi connectivity index (χ2v) is 3.16. The van der Waals surface area contributed by atoms with E-state index in [9.17, 15) is 4.79 Å². The molecular weight excluding hydrogens is 166 g/mol. The smallest absolute Gasteiger partial charge is 0.335 e. The Labute approximate surface area is 78.5 Å². The molecule has 3 heteroatoms. The predicted molar refractivity (Wildman–Crippen MR) is 52.6 cm³/mol. The number of hydrogen-bond acceptors (Lipinski definition) is 1. The van der Waals surface area contributed by atoms with Crippen LogP contribution in [0.5, 0.6) is 0 Å². The minimum atomic E-state index is -0.992. The van der Waals surface area contributed by atoms with E-state index in [2.05, 4.69) is 25.4 Å². The highest BCUT2D eigenvalue weighted by Crippen LogP contribution is 1.89. The van der Waals surface area contributed by atoms with Crippen LogP contribution in [-0.2, 0) is 4.79 Å². The van der Waals surface area contributed by atoms with Crippen LogP contribution in [0.1, 0.15) is 13.8 Å². The van der Waals surface area contributed by atoms with Crippen LogP contribution in [-0.4, -0.2) is 23.8 Å². The lowest BCUT2D eigenvalue weighted by molar-refractivity contribution is -0.458. The first-order valence-electron chi connectivity index (χ1n) is 4.19. The van der Waals surface area contributed by atoms with E-state index < -0.39 is 5.97 Å². The molecule has 0 saturated carbocycles. The van der Waals surface area contributed by atoms with Gasteiger partial charge in [-0.25, -0.2) is 9.79 Å². The monoisotopic (exact) mass is 182 g/mol. The molecule has 2 N–H and O–H groups in total. The van der Waals surface area contributed by atoms with Crippen molar-refractivity contribution in [1.82, 2.24) is 0 Å². The minimum absolute atomic E-state index is 0.0857.